The van der Waals surface area contributed by atoms with Crippen LogP contribution in [-0.2, 0) is 6.42 Å². The van der Waals surface area contributed by atoms with E-state index in [2.05, 4.69) is 30.5 Å². The smallest absolute Gasteiger partial charge is 0.119 e. The first-order valence-electron chi connectivity index (χ1n) is 5.67. The topological polar surface area (TPSA) is 9.23 Å². The average molecular weight is 228 g/mol. The van der Waals surface area contributed by atoms with Crippen LogP contribution in [0.2, 0.25) is 0 Å². The highest BCUT2D eigenvalue weighted by atomic mass is 32.1. The fourth-order valence-corrected chi connectivity index (χ4v) is 4.00. The number of aryl methyl sites for hydroxylation is 1. The standard InChI is InChI=1S/C14H12OS/c1-8-4-11-6-12-10(7-15-11)5-9-2-3-16-14(9)13(8)12/h2-4,6,10H,5,7H2,1H3. The Morgan fingerprint density at radius 2 is 2.31 bits per heavy atom. The molecule has 16 heavy (non-hydrogen) atoms. The van der Waals surface area contributed by atoms with E-state index in [1.807, 2.05) is 11.3 Å². The molecule has 80 valence electrons. The maximum atomic E-state index is 5.75. The van der Waals surface area contributed by atoms with Crippen molar-refractivity contribution < 1.29 is 4.74 Å². The van der Waals surface area contributed by atoms with Gasteiger partial charge in [0.1, 0.15) is 5.75 Å². The second-order valence-corrected chi connectivity index (χ2v) is 5.61. The quantitative estimate of drug-likeness (QED) is 0.667. The second kappa shape index (κ2) is 2.89. The molecule has 2 heteroatoms. The number of ether oxygens (including phenoxy) is 1. The monoisotopic (exact) mass is 228 g/mol. The summed E-state index contributed by atoms with van der Waals surface area (Å²) in [6.45, 7) is 3.05. The molecule has 0 amide bonds. The fourth-order valence-electron chi connectivity index (χ4n) is 2.93. The third-order valence-corrected chi connectivity index (χ3v) is 4.64. The van der Waals surface area contributed by atoms with Crippen molar-refractivity contribution in [3.63, 3.8) is 0 Å². The molecule has 1 aliphatic carbocycles. The van der Waals surface area contributed by atoms with Gasteiger partial charge in [-0.05, 0) is 59.2 Å². The Kier molecular flexibility index (Phi) is 1.59. The van der Waals surface area contributed by atoms with Gasteiger partial charge in [0, 0.05) is 10.8 Å². The Bertz CT molecular complexity index is 582. The minimum Gasteiger partial charge on any atom is -0.493 e. The Morgan fingerprint density at radius 1 is 1.38 bits per heavy atom. The van der Waals surface area contributed by atoms with Crippen LogP contribution in [0.3, 0.4) is 0 Å². The van der Waals surface area contributed by atoms with Crippen molar-refractivity contribution in [2.45, 2.75) is 19.3 Å². The van der Waals surface area contributed by atoms with Crippen LogP contribution in [0, 0.1) is 6.92 Å². The molecule has 1 aromatic carbocycles. The maximum Gasteiger partial charge on any atom is 0.119 e. The lowest BCUT2D eigenvalue weighted by Crippen LogP contribution is -2.21. The lowest BCUT2D eigenvalue weighted by atomic mass is 9.80. The molecule has 0 radical (unpaired) electrons. The van der Waals surface area contributed by atoms with Crippen molar-refractivity contribution in [2.75, 3.05) is 6.61 Å². The Labute approximate surface area is 98.7 Å². The van der Waals surface area contributed by atoms with Gasteiger partial charge in [0.05, 0.1) is 6.61 Å². The van der Waals surface area contributed by atoms with Crippen LogP contribution in [0.4, 0.5) is 0 Å². The second-order valence-electron chi connectivity index (χ2n) is 4.69. The zero-order valence-electron chi connectivity index (χ0n) is 9.12. The molecule has 4 rings (SSSR count). The van der Waals surface area contributed by atoms with Crippen LogP contribution < -0.4 is 4.74 Å². The molecule has 1 aliphatic heterocycles. The summed E-state index contributed by atoms with van der Waals surface area (Å²) in [5, 5.41) is 2.21. The van der Waals surface area contributed by atoms with Crippen molar-refractivity contribution in [3.05, 3.63) is 40.3 Å². The number of benzene rings is 1. The van der Waals surface area contributed by atoms with Gasteiger partial charge < -0.3 is 4.74 Å². The van der Waals surface area contributed by atoms with Gasteiger partial charge in [-0.2, -0.15) is 0 Å². The van der Waals surface area contributed by atoms with E-state index >= 15 is 0 Å². The molecule has 2 heterocycles. The predicted octanol–water partition coefficient (Wildman–Crippen LogP) is 3.76. The van der Waals surface area contributed by atoms with E-state index in [9.17, 15) is 0 Å². The van der Waals surface area contributed by atoms with E-state index in [4.69, 9.17) is 4.74 Å². The van der Waals surface area contributed by atoms with Crippen LogP contribution >= 0.6 is 11.3 Å². The first-order chi connectivity index (χ1) is 7.83. The highest BCUT2D eigenvalue weighted by Gasteiger charge is 2.30. The van der Waals surface area contributed by atoms with E-state index in [-0.39, 0.29) is 0 Å². The number of hydrogen-bond donors (Lipinski definition) is 0. The van der Waals surface area contributed by atoms with Crippen LogP contribution in [0.1, 0.15) is 22.6 Å². The van der Waals surface area contributed by atoms with Crippen LogP contribution in [0.5, 0.6) is 5.75 Å². The molecule has 0 saturated heterocycles. The molecule has 2 aliphatic rings. The van der Waals surface area contributed by atoms with E-state index in [0.717, 1.165) is 18.8 Å². The molecule has 1 atom stereocenters. The first-order valence-corrected chi connectivity index (χ1v) is 6.55. The summed E-state index contributed by atoms with van der Waals surface area (Å²) in [7, 11) is 0. The summed E-state index contributed by atoms with van der Waals surface area (Å²) in [6.07, 6.45) is 1.15. The van der Waals surface area contributed by atoms with Gasteiger partial charge in [-0.15, -0.1) is 11.3 Å². The van der Waals surface area contributed by atoms with Crippen molar-refractivity contribution >= 4 is 11.3 Å². The molecule has 0 N–H and O–H groups in total. The molecule has 2 aromatic rings. The van der Waals surface area contributed by atoms with Gasteiger partial charge in [-0.3, -0.25) is 0 Å². The summed E-state index contributed by atoms with van der Waals surface area (Å²) in [6, 6.07) is 6.67. The molecule has 0 fully saturated rings. The molecule has 1 nitrogen and oxygen atoms in total. The minimum absolute atomic E-state index is 0.574. The summed E-state index contributed by atoms with van der Waals surface area (Å²) in [5.74, 6) is 1.62. The third-order valence-electron chi connectivity index (χ3n) is 3.67. The van der Waals surface area contributed by atoms with Gasteiger partial charge in [0.25, 0.3) is 0 Å². The summed E-state index contributed by atoms with van der Waals surface area (Å²) >= 11 is 1.87. The van der Waals surface area contributed by atoms with Crippen LogP contribution in [-0.4, -0.2) is 6.61 Å². The van der Waals surface area contributed by atoms with Crippen molar-refractivity contribution in [2.24, 2.45) is 0 Å². The third kappa shape index (κ3) is 1.00. The van der Waals surface area contributed by atoms with E-state index < -0.39 is 0 Å². The maximum absolute atomic E-state index is 5.75. The SMILES string of the molecule is Cc1cc2cc3c1-c1sccc1CC3CO2. The largest absolute Gasteiger partial charge is 0.493 e. The first kappa shape index (κ1) is 8.82. The Balaban J connectivity index is 2.11. The van der Waals surface area contributed by atoms with E-state index in [0.29, 0.717) is 5.92 Å². The predicted molar refractivity (Wildman–Crippen MR) is 66.4 cm³/mol. The summed E-state index contributed by atoms with van der Waals surface area (Å²) in [5.41, 5.74) is 5.86. The van der Waals surface area contributed by atoms with Crippen LogP contribution in [0.15, 0.2) is 23.6 Å². The Hall–Kier alpha value is -1.28. The van der Waals surface area contributed by atoms with E-state index in [1.54, 1.807) is 0 Å². The number of hydrogen-bond acceptors (Lipinski definition) is 2. The highest BCUT2D eigenvalue weighted by molar-refractivity contribution is 7.13. The number of fused-ring (bicyclic) bond motifs is 3. The molecule has 0 saturated carbocycles. The number of rotatable bonds is 0. The molecule has 0 spiro atoms. The Morgan fingerprint density at radius 3 is 3.25 bits per heavy atom. The van der Waals surface area contributed by atoms with Gasteiger partial charge in [-0.25, -0.2) is 0 Å². The van der Waals surface area contributed by atoms with Crippen molar-refractivity contribution in [1.29, 1.82) is 0 Å². The number of thiophene rings is 1. The highest BCUT2D eigenvalue weighted by Crippen LogP contribution is 2.47. The van der Waals surface area contributed by atoms with Gasteiger partial charge >= 0.3 is 0 Å². The fraction of sp³-hybridized carbons (Fsp3) is 0.286. The van der Waals surface area contributed by atoms with Gasteiger partial charge in [-0.1, -0.05) is 0 Å². The summed E-state index contributed by atoms with van der Waals surface area (Å²) in [4.78, 5) is 1.48. The zero-order chi connectivity index (χ0) is 10.7. The normalized spacial score (nSPS) is 20.2. The van der Waals surface area contributed by atoms with Gasteiger partial charge in [0.15, 0.2) is 0 Å². The molecular formula is C14H12OS. The zero-order valence-corrected chi connectivity index (χ0v) is 9.93. The molecular weight excluding hydrogens is 216 g/mol. The summed E-state index contributed by atoms with van der Waals surface area (Å²) < 4.78 is 5.75. The van der Waals surface area contributed by atoms with Crippen molar-refractivity contribution in [3.8, 4) is 16.2 Å². The average Bonchev–Trinajstić information content (AvgIpc) is 2.73. The molecule has 2 bridgehead atoms. The lowest BCUT2D eigenvalue weighted by molar-refractivity contribution is 0.273. The van der Waals surface area contributed by atoms with Crippen LogP contribution in [0.25, 0.3) is 10.4 Å². The minimum atomic E-state index is 0.574. The molecule has 1 aromatic heterocycles. The lowest BCUT2D eigenvalue weighted by Gasteiger charge is -2.31. The molecule has 1 unspecified atom stereocenters. The van der Waals surface area contributed by atoms with E-state index in [1.165, 1.54) is 27.1 Å². The van der Waals surface area contributed by atoms with Crippen molar-refractivity contribution in [1.82, 2.24) is 0 Å². The van der Waals surface area contributed by atoms with Gasteiger partial charge in [0.2, 0.25) is 0 Å².